The van der Waals surface area contributed by atoms with Gasteiger partial charge < -0.3 is 9.80 Å². The quantitative estimate of drug-likeness (QED) is 0.807. The average molecular weight is 303 g/mol. The highest BCUT2D eigenvalue weighted by Gasteiger charge is 2.25. The summed E-state index contributed by atoms with van der Waals surface area (Å²) in [6.07, 6.45) is 1.24. The monoisotopic (exact) mass is 303 g/mol. The van der Waals surface area contributed by atoms with E-state index in [4.69, 9.17) is 0 Å². The molecule has 0 aliphatic carbocycles. The van der Waals surface area contributed by atoms with Crippen LogP contribution in [0.3, 0.4) is 0 Å². The number of carbonyl (C=O) groups is 1. The summed E-state index contributed by atoms with van der Waals surface area (Å²) in [7, 11) is 3.90. The first kappa shape index (κ1) is 17.0. The largest absolute Gasteiger partial charge is 0.314 e. The summed E-state index contributed by atoms with van der Waals surface area (Å²) in [5, 5.41) is 0. The normalized spacial score (nSPS) is 19.1. The molecule has 1 aromatic carbocycles. The van der Waals surface area contributed by atoms with Crippen LogP contribution >= 0.6 is 0 Å². The Hall–Kier alpha value is -1.39. The number of anilines is 1. The van der Waals surface area contributed by atoms with Gasteiger partial charge in [0.2, 0.25) is 5.91 Å². The average Bonchev–Trinajstić information content (AvgIpc) is 2.95. The van der Waals surface area contributed by atoms with Crippen molar-refractivity contribution in [2.75, 3.05) is 45.2 Å². The topological polar surface area (TPSA) is 26.8 Å². The maximum absolute atomic E-state index is 12.4. The Morgan fingerprint density at radius 3 is 2.55 bits per heavy atom. The lowest BCUT2D eigenvalue weighted by molar-refractivity contribution is -0.119. The molecule has 0 aromatic heterocycles. The van der Waals surface area contributed by atoms with E-state index in [9.17, 15) is 4.79 Å². The number of benzene rings is 1. The van der Waals surface area contributed by atoms with Crippen molar-refractivity contribution in [1.29, 1.82) is 0 Å². The summed E-state index contributed by atoms with van der Waals surface area (Å²) in [5.41, 5.74) is 0.952. The summed E-state index contributed by atoms with van der Waals surface area (Å²) in [6.45, 7) is 8.33. The first-order valence-corrected chi connectivity index (χ1v) is 8.21. The smallest absolute Gasteiger partial charge is 0.240 e. The van der Waals surface area contributed by atoms with Gasteiger partial charge in [0, 0.05) is 31.9 Å². The molecule has 0 spiro atoms. The minimum atomic E-state index is 0.146. The maximum Gasteiger partial charge on any atom is 0.240 e. The molecule has 0 saturated carbocycles. The Labute approximate surface area is 134 Å². The number of hydrogen-bond donors (Lipinski definition) is 0. The van der Waals surface area contributed by atoms with Crippen molar-refractivity contribution in [3.05, 3.63) is 30.3 Å². The molecule has 1 saturated heterocycles. The molecule has 4 heteroatoms. The van der Waals surface area contributed by atoms with Crippen molar-refractivity contribution in [2.24, 2.45) is 5.92 Å². The molecule has 2 rings (SSSR count). The van der Waals surface area contributed by atoms with Gasteiger partial charge in [0.1, 0.15) is 0 Å². The minimum Gasteiger partial charge on any atom is -0.314 e. The Morgan fingerprint density at radius 2 is 1.95 bits per heavy atom. The maximum atomic E-state index is 12.4. The summed E-state index contributed by atoms with van der Waals surface area (Å²) in [6, 6.07) is 10.4. The van der Waals surface area contributed by atoms with E-state index in [2.05, 4.69) is 30.7 Å². The Morgan fingerprint density at radius 1 is 1.27 bits per heavy atom. The SMILES string of the molecule is CC(C)N1CCC(CN(C)CC(=O)N(C)c2ccccc2)C1. The zero-order valence-electron chi connectivity index (χ0n) is 14.3. The number of rotatable bonds is 6. The van der Waals surface area contributed by atoms with Crippen LogP contribution in [-0.2, 0) is 4.79 Å². The van der Waals surface area contributed by atoms with Crippen LogP contribution in [0.5, 0.6) is 0 Å². The van der Waals surface area contributed by atoms with Gasteiger partial charge in [-0.25, -0.2) is 0 Å². The fraction of sp³-hybridized carbons (Fsp3) is 0.611. The number of likely N-dealkylation sites (tertiary alicyclic amines) is 1. The van der Waals surface area contributed by atoms with Gasteiger partial charge in [-0.2, -0.15) is 0 Å². The third kappa shape index (κ3) is 4.55. The van der Waals surface area contributed by atoms with Gasteiger partial charge in [-0.1, -0.05) is 18.2 Å². The number of carbonyl (C=O) groups excluding carboxylic acids is 1. The number of hydrogen-bond acceptors (Lipinski definition) is 3. The molecular weight excluding hydrogens is 274 g/mol. The highest BCUT2D eigenvalue weighted by molar-refractivity contribution is 5.94. The van der Waals surface area contributed by atoms with Crippen LogP contribution in [0, 0.1) is 5.92 Å². The third-order valence-corrected chi connectivity index (χ3v) is 4.54. The molecular formula is C18H29N3O. The van der Waals surface area contributed by atoms with Crippen LogP contribution in [0.4, 0.5) is 5.69 Å². The number of likely N-dealkylation sites (N-methyl/N-ethyl adjacent to an activating group) is 2. The van der Waals surface area contributed by atoms with Crippen LogP contribution in [0.1, 0.15) is 20.3 Å². The van der Waals surface area contributed by atoms with Crippen LogP contribution < -0.4 is 4.90 Å². The molecule has 1 aliphatic heterocycles. The number of para-hydroxylation sites is 1. The van der Waals surface area contributed by atoms with Crippen molar-refractivity contribution < 1.29 is 4.79 Å². The summed E-state index contributed by atoms with van der Waals surface area (Å²) in [4.78, 5) is 18.8. The van der Waals surface area contributed by atoms with Gasteiger partial charge in [0.05, 0.1) is 6.54 Å². The first-order chi connectivity index (χ1) is 10.5. The minimum absolute atomic E-state index is 0.146. The molecule has 1 aromatic rings. The van der Waals surface area contributed by atoms with Crippen molar-refractivity contribution in [2.45, 2.75) is 26.3 Å². The summed E-state index contributed by atoms with van der Waals surface area (Å²) < 4.78 is 0. The molecule has 122 valence electrons. The van der Waals surface area contributed by atoms with E-state index in [1.165, 1.54) is 13.0 Å². The molecule has 1 unspecified atom stereocenters. The van der Waals surface area contributed by atoms with Crippen molar-refractivity contribution in [1.82, 2.24) is 9.80 Å². The second kappa shape index (κ2) is 7.75. The van der Waals surface area contributed by atoms with E-state index in [-0.39, 0.29) is 5.91 Å². The van der Waals surface area contributed by atoms with E-state index in [1.54, 1.807) is 4.90 Å². The van der Waals surface area contributed by atoms with Crippen LogP contribution in [0.25, 0.3) is 0 Å². The predicted octanol–water partition coefficient (Wildman–Crippen LogP) is 2.31. The molecule has 0 bridgehead atoms. The molecule has 1 fully saturated rings. The third-order valence-electron chi connectivity index (χ3n) is 4.54. The molecule has 22 heavy (non-hydrogen) atoms. The lowest BCUT2D eigenvalue weighted by Crippen LogP contribution is -2.39. The van der Waals surface area contributed by atoms with Crippen LogP contribution in [0.15, 0.2) is 30.3 Å². The lowest BCUT2D eigenvalue weighted by Gasteiger charge is -2.25. The van der Waals surface area contributed by atoms with E-state index >= 15 is 0 Å². The van der Waals surface area contributed by atoms with E-state index < -0.39 is 0 Å². The highest BCUT2D eigenvalue weighted by Crippen LogP contribution is 2.19. The molecule has 1 aliphatic rings. The van der Waals surface area contributed by atoms with E-state index in [0.717, 1.165) is 18.8 Å². The van der Waals surface area contributed by atoms with Gasteiger partial charge in [-0.15, -0.1) is 0 Å². The zero-order valence-corrected chi connectivity index (χ0v) is 14.3. The second-order valence-corrected chi connectivity index (χ2v) is 6.73. The molecule has 1 atom stereocenters. The predicted molar refractivity (Wildman–Crippen MR) is 92.2 cm³/mol. The van der Waals surface area contributed by atoms with Crippen molar-refractivity contribution in [3.63, 3.8) is 0 Å². The fourth-order valence-electron chi connectivity index (χ4n) is 3.12. The van der Waals surface area contributed by atoms with Gasteiger partial charge in [-0.05, 0) is 51.9 Å². The molecule has 1 amide bonds. The van der Waals surface area contributed by atoms with Crippen molar-refractivity contribution in [3.8, 4) is 0 Å². The second-order valence-electron chi connectivity index (χ2n) is 6.73. The molecule has 0 N–H and O–H groups in total. The van der Waals surface area contributed by atoms with E-state index in [1.807, 2.05) is 37.4 Å². The highest BCUT2D eigenvalue weighted by atomic mass is 16.2. The van der Waals surface area contributed by atoms with Crippen LogP contribution in [0.2, 0.25) is 0 Å². The van der Waals surface area contributed by atoms with Gasteiger partial charge >= 0.3 is 0 Å². The Balaban J connectivity index is 1.79. The molecule has 1 heterocycles. The zero-order chi connectivity index (χ0) is 16.1. The van der Waals surface area contributed by atoms with Crippen LogP contribution in [-0.4, -0.2) is 62.0 Å². The molecule has 4 nitrogen and oxygen atoms in total. The number of nitrogens with zero attached hydrogens (tertiary/aromatic N) is 3. The molecule has 0 radical (unpaired) electrons. The van der Waals surface area contributed by atoms with Gasteiger partial charge in [0.25, 0.3) is 0 Å². The van der Waals surface area contributed by atoms with Gasteiger partial charge in [0.15, 0.2) is 0 Å². The standard InChI is InChI=1S/C18H29N3O/c1-15(2)21-11-10-16(13-21)12-19(3)14-18(22)20(4)17-8-6-5-7-9-17/h5-9,15-16H,10-14H2,1-4H3. The Kier molecular flexibility index (Phi) is 5.98. The summed E-state index contributed by atoms with van der Waals surface area (Å²) in [5.74, 6) is 0.828. The van der Waals surface area contributed by atoms with Crippen molar-refractivity contribution >= 4 is 11.6 Å². The number of amides is 1. The first-order valence-electron chi connectivity index (χ1n) is 8.21. The summed E-state index contributed by atoms with van der Waals surface area (Å²) >= 11 is 0. The lowest BCUT2D eigenvalue weighted by atomic mass is 10.1. The van der Waals surface area contributed by atoms with E-state index in [0.29, 0.717) is 18.5 Å². The Bertz CT molecular complexity index is 474. The fourth-order valence-corrected chi connectivity index (χ4v) is 3.12. The van der Waals surface area contributed by atoms with Gasteiger partial charge in [-0.3, -0.25) is 9.69 Å².